The lowest BCUT2D eigenvalue weighted by molar-refractivity contribution is 0.444. The van der Waals surface area contributed by atoms with Crippen LogP contribution in [0.4, 0.5) is 0 Å². The molecule has 0 aromatic heterocycles. The number of phenols is 2. The Hall–Kier alpha value is -1.61. The van der Waals surface area contributed by atoms with Crippen LogP contribution in [0.2, 0.25) is 0 Å². The van der Waals surface area contributed by atoms with Gasteiger partial charge in [0.1, 0.15) is 11.5 Å². The quantitative estimate of drug-likeness (QED) is 0.531. The number of hydrogen-bond donors (Lipinski definition) is 2. The molecule has 0 amide bonds. The lowest BCUT2D eigenvalue weighted by Crippen LogP contribution is -2.13. The summed E-state index contributed by atoms with van der Waals surface area (Å²) in [5, 5.41) is 21.3. The summed E-state index contributed by atoms with van der Waals surface area (Å²) in [6.45, 7) is 21.4. The SMILES string of the molecule is CC(C)c1cc(O)c(C(C)(C)C)cc1Sc1cc(C(C)(C)C)c(O)cc1C(C)C. The van der Waals surface area contributed by atoms with Gasteiger partial charge in [-0.1, -0.05) is 81.0 Å². The third kappa shape index (κ3) is 5.31. The topological polar surface area (TPSA) is 40.5 Å². The summed E-state index contributed by atoms with van der Waals surface area (Å²) in [4.78, 5) is 2.35. The summed E-state index contributed by atoms with van der Waals surface area (Å²) < 4.78 is 0. The molecular weight excluding hydrogens is 376 g/mol. The molecule has 0 heterocycles. The molecule has 0 radical (unpaired) electrons. The average molecular weight is 415 g/mol. The van der Waals surface area contributed by atoms with E-state index >= 15 is 0 Å². The highest BCUT2D eigenvalue weighted by Gasteiger charge is 2.25. The van der Waals surface area contributed by atoms with Gasteiger partial charge in [0.15, 0.2) is 0 Å². The predicted molar refractivity (Wildman–Crippen MR) is 126 cm³/mol. The first kappa shape index (κ1) is 23.7. The van der Waals surface area contributed by atoms with E-state index in [4.69, 9.17) is 0 Å². The molecule has 2 aromatic carbocycles. The van der Waals surface area contributed by atoms with Gasteiger partial charge in [0.05, 0.1) is 0 Å². The maximum Gasteiger partial charge on any atom is 0.119 e. The van der Waals surface area contributed by atoms with Crippen LogP contribution in [0, 0.1) is 0 Å². The monoisotopic (exact) mass is 414 g/mol. The molecule has 29 heavy (non-hydrogen) atoms. The van der Waals surface area contributed by atoms with Crippen molar-refractivity contribution in [1.82, 2.24) is 0 Å². The van der Waals surface area contributed by atoms with E-state index in [2.05, 4.69) is 81.4 Å². The van der Waals surface area contributed by atoms with Crippen molar-refractivity contribution in [3.05, 3.63) is 46.5 Å². The summed E-state index contributed by atoms with van der Waals surface area (Å²) >= 11 is 1.75. The number of phenolic OH excluding ortho intramolecular Hbond substituents is 2. The standard InChI is InChI=1S/C26H38O2S/c1-15(2)17-11-21(27)19(25(5,6)7)13-23(17)29-24-14-20(26(8,9)10)22(28)12-18(24)16(3)4/h11-16,27-28H,1-10H3. The van der Waals surface area contributed by atoms with E-state index in [9.17, 15) is 10.2 Å². The molecule has 3 heteroatoms. The smallest absolute Gasteiger partial charge is 0.119 e. The van der Waals surface area contributed by atoms with Crippen LogP contribution in [-0.4, -0.2) is 10.2 Å². The molecule has 0 unspecified atom stereocenters. The van der Waals surface area contributed by atoms with Gasteiger partial charge in [0.25, 0.3) is 0 Å². The molecule has 2 nitrogen and oxygen atoms in total. The highest BCUT2D eigenvalue weighted by Crippen LogP contribution is 2.45. The van der Waals surface area contributed by atoms with Crippen LogP contribution >= 0.6 is 11.8 Å². The Kier molecular flexibility index (Phi) is 6.74. The van der Waals surface area contributed by atoms with Gasteiger partial charge in [-0.05, 0) is 58.1 Å². The third-order valence-electron chi connectivity index (χ3n) is 5.34. The van der Waals surface area contributed by atoms with Crippen molar-refractivity contribution in [3.8, 4) is 11.5 Å². The second-order valence-electron chi connectivity index (χ2n) is 10.7. The zero-order valence-corrected chi connectivity index (χ0v) is 20.6. The lowest BCUT2D eigenvalue weighted by atomic mass is 9.85. The summed E-state index contributed by atoms with van der Waals surface area (Å²) in [6, 6.07) is 8.19. The molecule has 0 aliphatic heterocycles. The zero-order chi connectivity index (χ0) is 22.3. The average Bonchev–Trinajstić information content (AvgIpc) is 2.54. The second-order valence-corrected chi connectivity index (χ2v) is 11.8. The van der Waals surface area contributed by atoms with Crippen LogP contribution in [-0.2, 0) is 10.8 Å². The Labute approximate surface area is 181 Å². The van der Waals surface area contributed by atoms with Crippen LogP contribution in [0.15, 0.2) is 34.1 Å². The summed E-state index contributed by atoms with van der Waals surface area (Å²) in [6.07, 6.45) is 0. The van der Waals surface area contributed by atoms with Crippen LogP contribution < -0.4 is 0 Å². The Balaban J connectivity index is 2.72. The fraction of sp³-hybridized carbons (Fsp3) is 0.538. The van der Waals surface area contributed by atoms with Crippen molar-refractivity contribution in [2.75, 3.05) is 0 Å². The number of rotatable bonds is 4. The highest BCUT2D eigenvalue weighted by atomic mass is 32.2. The number of hydrogen-bond acceptors (Lipinski definition) is 3. The first-order valence-electron chi connectivity index (χ1n) is 10.6. The van der Waals surface area contributed by atoms with E-state index < -0.39 is 0 Å². The Bertz CT molecular complexity index is 808. The Morgan fingerprint density at radius 1 is 0.621 bits per heavy atom. The van der Waals surface area contributed by atoms with Crippen molar-refractivity contribution in [3.63, 3.8) is 0 Å². The van der Waals surface area contributed by atoms with Crippen molar-refractivity contribution in [2.24, 2.45) is 0 Å². The lowest BCUT2D eigenvalue weighted by Gasteiger charge is -2.26. The molecule has 0 fully saturated rings. The van der Waals surface area contributed by atoms with Crippen molar-refractivity contribution in [2.45, 2.75) is 102 Å². The first-order chi connectivity index (χ1) is 13.1. The molecule has 2 rings (SSSR count). The maximum absolute atomic E-state index is 10.7. The van der Waals surface area contributed by atoms with Crippen LogP contribution in [0.5, 0.6) is 11.5 Å². The molecule has 160 valence electrons. The molecule has 0 aliphatic rings. The van der Waals surface area contributed by atoms with Gasteiger partial charge in [-0.25, -0.2) is 0 Å². The second kappa shape index (κ2) is 8.26. The van der Waals surface area contributed by atoms with E-state index in [1.54, 1.807) is 11.8 Å². The zero-order valence-electron chi connectivity index (χ0n) is 19.8. The molecule has 2 aromatic rings. The number of benzene rings is 2. The Morgan fingerprint density at radius 2 is 0.931 bits per heavy atom. The first-order valence-corrected chi connectivity index (χ1v) is 11.4. The van der Waals surface area contributed by atoms with E-state index in [1.807, 2.05) is 12.1 Å². The third-order valence-corrected chi connectivity index (χ3v) is 6.48. The highest BCUT2D eigenvalue weighted by molar-refractivity contribution is 7.99. The van der Waals surface area contributed by atoms with Gasteiger partial charge < -0.3 is 10.2 Å². The minimum atomic E-state index is -0.138. The van der Waals surface area contributed by atoms with E-state index in [0.717, 1.165) is 22.3 Å². The van der Waals surface area contributed by atoms with Gasteiger partial charge in [0.2, 0.25) is 0 Å². The van der Waals surface area contributed by atoms with E-state index in [1.165, 1.54) is 9.79 Å². The van der Waals surface area contributed by atoms with E-state index in [-0.39, 0.29) is 10.8 Å². The van der Waals surface area contributed by atoms with E-state index in [0.29, 0.717) is 23.3 Å². The minimum Gasteiger partial charge on any atom is -0.508 e. The molecular formula is C26H38O2S. The van der Waals surface area contributed by atoms with Gasteiger partial charge in [-0.15, -0.1) is 0 Å². The molecule has 0 aliphatic carbocycles. The van der Waals surface area contributed by atoms with Crippen LogP contribution in [0.25, 0.3) is 0 Å². The van der Waals surface area contributed by atoms with Gasteiger partial charge >= 0.3 is 0 Å². The predicted octanol–water partition coefficient (Wildman–Crippen LogP) is 8.09. The molecule has 0 bridgehead atoms. The summed E-state index contributed by atoms with van der Waals surface area (Å²) in [5.74, 6) is 1.35. The van der Waals surface area contributed by atoms with Gasteiger partial charge in [-0.3, -0.25) is 0 Å². The fourth-order valence-corrected chi connectivity index (χ4v) is 4.98. The summed E-state index contributed by atoms with van der Waals surface area (Å²) in [7, 11) is 0. The normalized spacial score (nSPS) is 12.8. The van der Waals surface area contributed by atoms with Crippen LogP contribution in [0.1, 0.15) is 103 Å². The van der Waals surface area contributed by atoms with Crippen molar-refractivity contribution < 1.29 is 10.2 Å². The fourth-order valence-electron chi connectivity index (χ4n) is 3.57. The Morgan fingerprint density at radius 3 is 1.17 bits per heavy atom. The molecule has 0 saturated carbocycles. The van der Waals surface area contributed by atoms with Gasteiger partial charge in [-0.2, -0.15) is 0 Å². The number of aromatic hydroxyl groups is 2. The largest absolute Gasteiger partial charge is 0.508 e. The maximum atomic E-state index is 10.7. The molecule has 0 atom stereocenters. The van der Waals surface area contributed by atoms with Gasteiger partial charge in [0, 0.05) is 20.9 Å². The van der Waals surface area contributed by atoms with Crippen LogP contribution in [0.3, 0.4) is 0 Å². The minimum absolute atomic E-state index is 0.138. The molecule has 0 spiro atoms. The molecule has 0 saturated heterocycles. The molecule has 2 N–H and O–H groups in total. The van der Waals surface area contributed by atoms with Crippen molar-refractivity contribution in [1.29, 1.82) is 0 Å². The van der Waals surface area contributed by atoms with Crippen molar-refractivity contribution >= 4 is 11.8 Å². The summed E-state index contributed by atoms with van der Waals surface area (Å²) in [5.41, 5.74) is 3.96.